The highest BCUT2D eigenvalue weighted by Crippen LogP contribution is 2.39. The molecule has 208 valence electrons. The van der Waals surface area contributed by atoms with Gasteiger partial charge in [-0.15, -0.1) is 0 Å². The van der Waals surface area contributed by atoms with Crippen molar-refractivity contribution in [1.82, 2.24) is 9.78 Å². The first-order valence-corrected chi connectivity index (χ1v) is 12.4. The van der Waals surface area contributed by atoms with Crippen LogP contribution in [0.5, 0.6) is 5.75 Å². The van der Waals surface area contributed by atoms with E-state index in [4.69, 9.17) is 16.3 Å². The molecule has 4 aromatic carbocycles. The minimum Gasteiger partial charge on any atom is -0.496 e. The number of benzene rings is 4. The van der Waals surface area contributed by atoms with Crippen LogP contribution in [-0.4, -0.2) is 33.7 Å². The standard InChI is InChI=1S/C30H19ClF4N2O4/c1-41-23-15-17(28(39)27(38)16-7-3-2-4-8-16)13-14-18(23)26-25-21(32)11-6-12-22(25)37(36-26)29(40)24-19(30(33,34)35)9-5-10-20(24)31/h2-15,27,38H,1H3. The van der Waals surface area contributed by atoms with Gasteiger partial charge in [0.15, 0.2) is 5.78 Å². The van der Waals surface area contributed by atoms with Gasteiger partial charge < -0.3 is 9.84 Å². The number of nitrogens with zero attached hydrogens (tertiary/aromatic N) is 2. The van der Waals surface area contributed by atoms with E-state index >= 15 is 4.39 Å². The van der Waals surface area contributed by atoms with Crippen molar-refractivity contribution in [1.29, 1.82) is 0 Å². The van der Waals surface area contributed by atoms with Crippen molar-refractivity contribution in [3.8, 4) is 17.0 Å². The Morgan fingerprint density at radius 1 is 0.976 bits per heavy atom. The van der Waals surface area contributed by atoms with E-state index in [1.54, 1.807) is 30.3 Å². The second kappa shape index (κ2) is 10.8. The van der Waals surface area contributed by atoms with Crippen molar-refractivity contribution in [3.63, 3.8) is 0 Å². The summed E-state index contributed by atoms with van der Waals surface area (Å²) in [5.41, 5.74) is -1.74. The number of fused-ring (bicyclic) bond motifs is 1. The summed E-state index contributed by atoms with van der Waals surface area (Å²) < 4.78 is 62.6. The molecule has 1 heterocycles. The van der Waals surface area contributed by atoms with E-state index < -0.39 is 45.9 Å². The first kappa shape index (κ1) is 28.0. The van der Waals surface area contributed by atoms with Gasteiger partial charge in [0.05, 0.1) is 34.2 Å². The zero-order chi connectivity index (χ0) is 29.5. The fourth-order valence-corrected chi connectivity index (χ4v) is 4.79. The molecule has 0 aliphatic carbocycles. The quantitative estimate of drug-likeness (QED) is 0.170. The summed E-state index contributed by atoms with van der Waals surface area (Å²) in [5, 5.41) is 14.2. The molecule has 5 rings (SSSR count). The Hall–Kier alpha value is -4.54. The fourth-order valence-electron chi connectivity index (χ4n) is 4.54. The number of carbonyl (C=O) groups excluding carboxylic acids is 2. The van der Waals surface area contributed by atoms with Gasteiger partial charge in [-0.2, -0.15) is 23.0 Å². The van der Waals surface area contributed by atoms with Gasteiger partial charge in [-0.25, -0.2) is 4.39 Å². The molecule has 11 heteroatoms. The summed E-state index contributed by atoms with van der Waals surface area (Å²) in [6, 6.07) is 19.0. The van der Waals surface area contributed by atoms with Crippen LogP contribution in [0.15, 0.2) is 84.9 Å². The lowest BCUT2D eigenvalue weighted by Gasteiger charge is -2.13. The highest BCUT2D eigenvalue weighted by molar-refractivity contribution is 6.34. The Bertz CT molecular complexity index is 1800. The van der Waals surface area contributed by atoms with E-state index in [0.717, 1.165) is 24.3 Å². The second-order valence-corrected chi connectivity index (χ2v) is 9.36. The largest absolute Gasteiger partial charge is 0.496 e. The summed E-state index contributed by atoms with van der Waals surface area (Å²) in [4.78, 5) is 26.5. The molecule has 1 N–H and O–H groups in total. The number of ether oxygens (including phenoxy) is 1. The third kappa shape index (κ3) is 5.07. The highest BCUT2D eigenvalue weighted by atomic mass is 35.5. The molecule has 6 nitrogen and oxygen atoms in total. The molecule has 1 aromatic heterocycles. The summed E-state index contributed by atoms with van der Waals surface area (Å²) in [6.45, 7) is 0. The monoisotopic (exact) mass is 582 g/mol. The maximum absolute atomic E-state index is 15.2. The van der Waals surface area contributed by atoms with Crippen molar-refractivity contribution in [2.24, 2.45) is 0 Å². The number of Topliss-reactive ketones (excluding diaryl/α,β-unsaturated/α-hetero) is 1. The Kier molecular flexibility index (Phi) is 7.37. The topological polar surface area (TPSA) is 81.4 Å². The molecule has 0 amide bonds. The molecule has 0 bridgehead atoms. The van der Waals surface area contributed by atoms with Crippen LogP contribution in [0, 0.1) is 5.82 Å². The zero-order valence-corrected chi connectivity index (χ0v) is 21.9. The van der Waals surface area contributed by atoms with Crippen molar-refractivity contribution < 1.29 is 37.0 Å². The molecular weight excluding hydrogens is 564 g/mol. The predicted molar refractivity (Wildman–Crippen MR) is 144 cm³/mol. The second-order valence-electron chi connectivity index (χ2n) is 8.95. The molecule has 0 radical (unpaired) electrons. The van der Waals surface area contributed by atoms with Crippen molar-refractivity contribution in [2.45, 2.75) is 12.3 Å². The molecule has 0 saturated carbocycles. The molecule has 0 fully saturated rings. The minimum atomic E-state index is -4.90. The molecule has 1 unspecified atom stereocenters. The number of hydrogen-bond donors (Lipinski definition) is 1. The van der Waals surface area contributed by atoms with Crippen molar-refractivity contribution in [2.75, 3.05) is 7.11 Å². The van der Waals surface area contributed by atoms with E-state index in [1.807, 2.05) is 0 Å². The number of rotatable bonds is 6. The molecule has 0 aliphatic heterocycles. The molecule has 0 aliphatic rings. The molecule has 0 spiro atoms. The normalized spacial score (nSPS) is 12.4. The summed E-state index contributed by atoms with van der Waals surface area (Å²) >= 11 is 6.04. The van der Waals surface area contributed by atoms with Gasteiger partial charge in [-0.3, -0.25) is 9.59 Å². The Labute approximate surface area is 235 Å². The number of ketones is 1. The number of aromatic nitrogens is 2. The van der Waals surface area contributed by atoms with Crippen LogP contribution in [-0.2, 0) is 6.18 Å². The Morgan fingerprint density at radius 3 is 2.37 bits per heavy atom. The van der Waals surface area contributed by atoms with Crippen LogP contribution < -0.4 is 4.74 Å². The predicted octanol–water partition coefficient (Wildman–Crippen LogP) is 7.13. The number of aliphatic hydroxyl groups excluding tert-OH is 1. The maximum atomic E-state index is 15.2. The van der Waals surface area contributed by atoms with Crippen LogP contribution in [0.25, 0.3) is 22.2 Å². The van der Waals surface area contributed by atoms with Crippen LogP contribution in [0.2, 0.25) is 5.02 Å². The summed E-state index contributed by atoms with van der Waals surface area (Å²) in [7, 11) is 1.29. The number of hydrogen-bond acceptors (Lipinski definition) is 5. The van der Waals surface area contributed by atoms with E-state index in [0.29, 0.717) is 10.2 Å². The van der Waals surface area contributed by atoms with Gasteiger partial charge in [-0.1, -0.05) is 60.1 Å². The van der Waals surface area contributed by atoms with Gasteiger partial charge in [0.1, 0.15) is 23.4 Å². The molecule has 0 saturated heterocycles. The van der Waals surface area contributed by atoms with E-state index in [-0.39, 0.29) is 33.5 Å². The number of alkyl halides is 3. The van der Waals surface area contributed by atoms with Crippen LogP contribution in [0.1, 0.15) is 37.9 Å². The number of carbonyl (C=O) groups is 2. The smallest absolute Gasteiger partial charge is 0.417 e. The highest BCUT2D eigenvalue weighted by Gasteiger charge is 2.37. The molecule has 1 atom stereocenters. The SMILES string of the molecule is COc1cc(C(=O)C(O)c2ccccc2)ccc1-c1nn(C(=O)c2c(Cl)cccc2C(F)(F)F)c2cccc(F)c12. The Morgan fingerprint density at radius 2 is 1.68 bits per heavy atom. The van der Waals surface area contributed by atoms with Gasteiger partial charge in [0.2, 0.25) is 0 Å². The van der Waals surface area contributed by atoms with Crippen LogP contribution in [0.3, 0.4) is 0 Å². The van der Waals surface area contributed by atoms with Gasteiger partial charge in [0.25, 0.3) is 5.91 Å². The maximum Gasteiger partial charge on any atom is 0.417 e. The summed E-state index contributed by atoms with van der Waals surface area (Å²) in [5.74, 6) is -2.60. The lowest BCUT2D eigenvalue weighted by molar-refractivity contribution is -0.137. The van der Waals surface area contributed by atoms with Crippen LogP contribution >= 0.6 is 11.6 Å². The first-order chi connectivity index (χ1) is 19.5. The van der Waals surface area contributed by atoms with Crippen molar-refractivity contribution in [3.05, 3.63) is 118 Å². The average molecular weight is 583 g/mol. The number of aliphatic hydroxyl groups is 1. The molecule has 5 aromatic rings. The van der Waals surface area contributed by atoms with E-state index in [2.05, 4.69) is 5.10 Å². The molecule has 41 heavy (non-hydrogen) atoms. The Balaban J connectivity index is 1.65. The third-order valence-corrected chi connectivity index (χ3v) is 6.80. The van der Waals surface area contributed by atoms with Gasteiger partial charge in [-0.05, 0) is 42.0 Å². The van der Waals surface area contributed by atoms with Crippen molar-refractivity contribution >= 4 is 34.2 Å². The first-order valence-electron chi connectivity index (χ1n) is 12.1. The third-order valence-electron chi connectivity index (χ3n) is 6.49. The van der Waals surface area contributed by atoms with E-state index in [1.165, 1.54) is 37.4 Å². The number of methoxy groups -OCH3 is 1. The minimum absolute atomic E-state index is 0.0482. The van der Waals surface area contributed by atoms with Gasteiger partial charge in [0, 0.05) is 11.1 Å². The van der Waals surface area contributed by atoms with Crippen LogP contribution in [0.4, 0.5) is 17.6 Å². The zero-order valence-electron chi connectivity index (χ0n) is 21.1. The lowest BCUT2D eigenvalue weighted by Crippen LogP contribution is -2.20. The summed E-state index contributed by atoms with van der Waals surface area (Å²) in [6.07, 6.45) is -6.36. The average Bonchev–Trinajstić information content (AvgIpc) is 3.36. The number of halogens is 5. The molecular formula is C30H19ClF4N2O4. The fraction of sp³-hybridized carbons (Fsp3) is 0.100. The van der Waals surface area contributed by atoms with E-state index in [9.17, 15) is 27.9 Å². The lowest BCUT2D eigenvalue weighted by atomic mass is 9.97. The van der Waals surface area contributed by atoms with Gasteiger partial charge >= 0.3 is 6.18 Å².